The minimum Gasteiger partial charge on any atom is -0.478 e. The second-order valence-electron chi connectivity index (χ2n) is 4.82. The zero-order valence-corrected chi connectivity index (χ0v) is 12.3. The van der Waals surface area contributed by atoms with Gasteiger partial charge in [0, 0.05) is 5.57 Å². The monoisotopic (exact) mass is 306 g/mol. The van der Waals surface area contributed by atoms with E-state index >= 15 is 0 Å². The summed E-state index contributed by atoms with van der Waals surface area (Å²) < 4.78 is 4.93. The molecule has 2 N–H and O–H groups in total. The Kier molecular flexibility index (Phi) is 6.31. The minimum absolute atomic E-state index is 0.186. The molecule has 1 aromatic carbocycles. The lowest BCUT2D eigenvalue weighted by Crippen LogP contribution is -2.12. The second kappa shape index (κ2) is 7.97. The fourth-order valence-corrected chi connectivity index (χ4v) is 1.94. The lowest BCUT2D eigenvalue weighted by atomic mass is 9.97. The first-order valence-electron chi connectivity index (χ1n) is 6.75. The molecule has 1 rings (SSSR count). The molecule has 0 atom stereocenters. The summed E-state index contributed by atoms with van der Waals surface area (Å²) in [6, 6.07) is 4.38. The van der Waals surface area contributed by atoms with Crippen LogP contribution in [0.15, 0.2) is 30.4 Å². The number of hydrogen-bond acceptors (Lipinski definition) is 4. The predicted molar refractivity (Wildman–Crippen MR) is 79.1 cm³/mol. The molecule has 0 aromatic heterocycles. The molecule has 0 aliphatic carbocycles. The van der Waals surface area contributed by atoms with Crippen LogP contribution in [0.4, 0.5) is 0 Å². The van der Waals surface area contributed by atoms with Crippen molar-refractivity contribution in [2.75, 3.05) is 6.61 Å². The largest absolute Gasteiger partial charge is 0.478 e. The van der Waals surface area contributed by atoms with Crippen LogP contribution in [0.1, 0.15) is 46.0 Å². The third-order valence-corrected chi connectivity index (χ3v) is 3.02. The first kappa shape index (κ1) is 17.4. The van der Waals surface area contributed by atoms with Gasteiger partial charge in [0.25, 0.3) is 0 Å². The van der Waals surface area contributed by atoms with Gasteiger partial charge in [0.05, 0.1) is 17.7 Å². The highest BCUT2D eigenvalue weighted by Crippen LogP contribution is 2.18. The van der Waals surface area contributed by atoms with E-state index in [2.05, 4.69) is 6.58 Å². The summed E-state index contributed by atoms with van der Waals surface area (Å²) in [4.78, 5) is 33.5. The lowest BCUT2D eigenvalue weighted by Gasteiger charge is -2.09. The van der Waals surface area contributed by atoms with E-state index in [0.717, 1.165) is 0 Å². The Morgan fingerprint density at radius 2 is 1.82 bits per heavy atom. The van der Waals surface area contributed by atoms with Crippen molar-refractivity contribution in [3.05, 3.63) is 47.0 Å². The highest BCUT2D eigenvalue weighted by Gasteiger charge is 2.19. The molecule has 0 radical (unpaired) electrons. The van der Waals surface area contributed by atoms with Crippen LogP contribution in [0.3, 0.4) is 0 Å². The van der Waals surface area contributed by atoms with Gasteiger partial charge in [0.15, 0.2) is 0 Å². The van der Waals surface area contributed by atoms with E-state index in [0.29, 0.717) is 30.4 Å². The number of carbonyl (C=O) groups excluding carboxylic acids is 1. The first-order chi connectivity index (χ1) is 10.3. The van der Waals surface area contributed by atoms with E-state index in [1.807, 2.05) is 0 Å². The molecule has 0 saturated carbocycles. The Labute approximate surface area is 128 Å². The Bertz CT molecular complexity index is 603. The van der Waals surface area contributed by atoms with Gasteiger partial charge >= 0.3 is 17.9 Å². The SMILES string of the molecule is C=C(C)C(=O)OCCCCc1cccc(C(=O)O)c1C(=O)O. The van der Waals surface area contributed by atoms with Crippen molar-refractivity contribution in [3.63, 3.8) is 0 Å². The quantitative estimate of drug-likeness (QED) is 0.435. The topological polar surface area (TPSA) is 101 Å². The predicted octanol–water partition coefficient (Wildman–Crippen LogP) is 2.52. The highest BCUT2D eigenvalue weighted by molar-refractivity contribution is 6.02. The number of ether oxygens (including phenoxy) is 1. The Balaban J connectivity index is 2.65. The number of esters is 1. The van der Waals surface area contributed by atoms with Gasteiger partial charge in [-0.05, 0) is 37.8 Å². The molecule has 0 amide bonds. The van der Waals surface area contributed by atoms with E-state index in [1.165, 1.54) is 12.1 Å². The molecule has 118 valence electrons. The van der Waals surface area contributed by atoms with Crippen molar-refractivity contribution in [1.29, 1.82) is 0 Å². The normalized spacial score (nSPS) is 10.0. The summed E-state index contributed by atoms with van der Waals surface area (Å²) in [5.74, 6) is -2.99. The maximum atomic E-state index is 11.3. The zero-order chi connectivity index (χ0) is 16.7. The summed E-state index contributed by atoms with van der Waals surface area (Å²) in [5, 5.41) is 18.2. The van der Waals surface area contributed by atoms with Gasteiger partial charge in [-0.3, -0.25) is 0 Å². The van der Waals surface area contributed by atoms with E-state index in [1.54, 1.807) is 13.0 Å². The highest BCUT2D eigenvalue weighted by atomic mass is 16.5. The van der Waals surface area contributed by atoms with Crippen LogP contribution in [0.2, 0.25) is 0 Å². The minimum atomic E-state index is -1.27. The fourth-order valence-electron chi connectivity index (χ4n) is 1.94. The molecule has 0 unspecified atom stereocenters. The molecule has 0 spiro atoms. The van der Waals surface area contributed by atoms with Crippen LogP contribution >= 0.6 is 0 Å². The molecule has 0 saturated heterocycles. The van der Waals surface area contributed by atoms with Crippen molar-refractivity contribution in [2.24, 2.45) is 0 Å². The standard InChI is InChI=1S/C16H18O6/c1-10(2)16(21)22-9-4-3-6-11-7-5-8-12(14(17)18)13(11)15(19)20/h5,7-8H,1,3-4,6,9H2,2H3,(H,17,18)(H,19,20). The maximum Gasteiger partial charge on any atom is 0.336 e. The summed E-state index contributed by atoms with van der Waals surface area (Å²) in [6.07, 6.45) is 1.52. The van der Waals surface area contributed by atoms with Gasteiger partial charge in [-0.2, -0.15) is 0 Å². The van der Waals surface area contributed by atoms with Crippen molar-refractivity contribution in [1.82, 2.24) is 0 Å². The van der Waals surface area contributed by atoms with Crippen molar-refractivity contribution in [3.8, 4) is 0 Å². The number of carboxylic acids is 2. The number of carboxylic acid groups (broad SMARTS) is 2. The van der Waals surface area contributed by atoms with Crippen LogP contribution in [0.25, 0.3) is 0 Å². The fraction of sp³-hybridized carbons (Fsp3) is 0.312. The van der Waals surface area contributed by atoms with Gasteiger partial charge in [-0.1, -0.05) is 18.7 Å². The summed E-state index contributed by atoms with van der Waals surface area (Å²) >= 11 is 0. The first-order valence-corrected chi connectivity index (χ1v) is 6.75. The van der Waals surface area contributed by atoms with Crippen molar-refractivity contribution < 1.29 is 29.3 Å². The summed E-state index contributed by atoms with van der Waals surface area (Å²) in [5.41, 5.74) is 0.369. The maximum absolute atomic E-state index is 11.3. The average molecular weight is 306 g/mol. The number of aryl methyl sites for hydroxylation is 1. The van der Waals surface area contributed by atoms with Crippen molar-refractivity contribution in [2.45, 2.75) is 26.2 Å². The van der Waals surface area contributed by atoms with Crippen LogP contribution < -0.4 is 0 Å². The van der Waals surface area contributed by atoms with Crippen LogP contribution in [-0.4, -0.2) is 34.7 Å². The molecule has 0 aliphatic heterocycles. The van der Waals surface area contributed by atoms with Crippen LogP contribution in [0.5, 0.6) is 0 Å². The number of benzene rings is 1. The van der Waals surface area contributed by atoms with Crippen molar-refractivity contribution >= 4 is 17.9 Å². The van der Waals surface area contributed by atoms with Gasteiger partial charge in [-0.25, -0.2) is 14.4 Å². The van der Waals surface area contributed by atoms with Crippen LogP contribution in [0, 0.1) is 0 Å². The number of aromatic carboxylic acids is 2. The molecule has 22 heavy (non-hydrogen) atoms. The van der Waals surface area contributed by atoms with Crippen LogP contribution in [-0.2, 0) is 16.0 Å². The number of carbonyl (C=O) groups is 3. The van der Waals surface area contributed by atoms with Gasteiger partial charge in [-0.15, -0.1) is 0 Å². The lowest BCUT2D eigenvalue weighted by molar-refractivity contribution is -0.139. The second-order valence-corrected chi connectivity index (χ2v) is 4.82. The van der Waals surface area contributed by atoms with E-state index in [4.69, 9.17) is 9.84 Å². The summed E-state index contributed by atoms with van der Waals surface area (Å²) in [6.45, 7) is 5.23. The average Bonchev–Trinajstić information content (AvgIpc) is 2.45. The van der Waals surface area contributed by atoms with E-state index in [-0.39, 0.29) is 17.7 Å². The molecule has 0 bridgehead atoms. The van der Waals surface area contributed by atoms with E-state index < -0.39 is 17.9 Å². The number of rotatable bonds is 8. The smallest absolute Gasteiger partial charge is 0.336 e. The van der Waals surface area contributed by atoms with Gasteiger partial charge in [0.1, 0.15) is 0 Å². The zero-order valence-electron chi connectivity index (χ0n) is 12.3. The Morgan fingerprint density at radius 3 is 2.36 bits per heavy atom. The molecule has 6 nitrogen and oxygen atoms in total. The molecule has 0 aliphatic rings. The number of unbranched alkanes of at least 4 members (excludes halogenated alkanes) is 1. The molecular formula is C16H18O6. The Hall–Kier alpha value is -2.63. The molecule has 6 heteroatoms. The molecule has 1 aromatic rings. The Morgan fingerprint density at radius 1 is 1.14 bits per heavy atom. The number of hydrogen-bond donors (Lipinski definition) is 2. The molecular weight excluding hydrogens is 288 g/mol. The molecule has 0 fully saturated rings. The molecule has 0 heterocycles. The van der Waals surface area contributed by atoms with Gasteiger partial charge < -0.3 is 14.9 Å². The van der Waals surface area contributed by atoms with E-state index in [9.17, 15) is 19.5 Å². The van der Waals surface area contributed by atoms with Gasteiger partial charge in [0.2, 0.25) is 0 Å². The summed E-state index contributed by atoms with van der Waals surface area (Å²) in [7, 11) is 0. The third kappa shape index (κ3) is 4.73. The third-order valence-electron chi connectivity index (χ3n) is 3.02.